The van der Waals surface area contributed by atoms with Crippen LogP contribution in [0.2, 0.25) is 0 Å². The summed E-state index contributed by atoms with van der Waals surface area (Å²) >= 11 is 3.29. The van der Waals surface area contributed by atoms with Gasteiger partial charge >= 0.3 is 0 Å². The number of hydrogen-bond acceptors (Lipinski definition) is 2. The molecule has 0 fully saturated rings. The molecule has 0 aliphatic rings. The van der Waals surface area contributed by atoms with Crippen LogP contribution in [0.3, 0.4) is 0 Å². The molecule has 0 spiro atoms. The largest absolute Gasteiger partial charge is 0.308 e. The van der Waals surface area contributed by atoms with Crippen molar-refractivity contribution in [1.82, 2.24) is 10.3 Å². The summed E-state index contributed by atoms with van der Waals surface area (Å²) in [5.41, 5.74) is 2.83. The van der Waals surface area contributed by atoms with Gasteiger partial charge < -0.3 is 5.32 Å². The van der Waals surface area contributed by atoms with Gasteiger partial charge in [-0.15, -0.1) is 0 Å². The van der Waals surface area contributed by atoms with Gasteiger partial charge in [-0.2, -0.15) is 0 Å². The highest BCUT2D eigenvalue weighted by Crippen LogP contribution is 2.23. The van der Waals surface area contributed by atoms with Crippen LogP contribution in [0.1, 0.15) is 36.2 Å². The Morgan fingerprint density at radius 2 is 2.14 bits per heavy atom. The van der Waals surface area contributed by atoms with Crippen molar-refractivity contribution in [3.05, 3.63) is 63.6 Å². The van der Waals surface area contributed by atoms with Crippen molar-refractivity contribution in [3.63, 3.8) is 0 Å². The molecule has 0 aliphatic heterocycles. The van der Waals surface area contributed by atoms with Crippen LogP contribution < -0.4 is 5.32 Å². The van der Waals surface area contributed by atoms with E-state index < -0.39 is 0 Å². The Balaban J connectivity index is 2.26. The van der Waals surface area contributed by atoms with Gasteiger partial charge in [0.2, 0.25) is 0 Å². The first-order valence-electron chi connectivity index (χ1n) is 7.20. The standard InChI is InChI=1S/C17H20BrFN2/c1-3-8-20-16(17-12(2)5-4-9-21-17)10-13-6-7-14(18)11-15(13)19/h4-7,9,11,16,20H,3,8,10H2,1-2H3. The van der Waals surface area contributed by atoms with Gasteiger partial charge in [0.25, 0.3) is 0 Å². The number of halogens is 2. The number of pyridine rings is 1. The average Bonchev–Trinajstić information content (AvgIpc) is 2.46. The number of nitrogens with one attached hydrogen (secondary N) is 1. The van der Waals surface area contributed by atoms with Crippen LogP contribution >= 0.6 is 15.9 Å². The summed E-state index contributed by atoms with van der Waals surface area (Å²) in [5.74, 6) is -0.179. The summed E-state index contributed by atoms with van der Waals surface area (Å²) in [7, 11) is 0. The minimum Gasteiger partial charge on any atom is -0.308 e. The zero-order valence-electron chi connectivity index (χ0n) is 12.4. The summed E-state index contributed by atoms with van der Waals surface area (Å²) in [6.07, 6.45) is 3.42. The Bertz CT molecular complexity index is 601. The molecule has 0 aliphatic carbocycles. The molecule has 1 heterocycles. The van der Waals surface area contributed by atoms with Crippen molar-refractivity contribution in [1.29, 1.82) is 0 Å². The molecule has 0 bridgehead atoms. The third-order valence-corrected chi connectivity index (χ3v) is 3.95. The molecule has 0 saturated heterocycles. The minimum absolute atomic E-state index is 0.0295. The van der Waals surface area contributed by atoms with Gasteiger partial charge in [0.05, 0.1) is 11.7 Å². The van der Waals surface area contributed by atoms with E-state index in [1.54, 1.807) is 6.20 Å². The van der Waals surface area contributed by atoms with E-state index in [-0.39, 0.29) is 11.9 Å². The molecular formula is C17H20BrFN2. The SMILES string of the molecule is CCCNC(Cc1ccc(Br)cc1F)c1ncccc1C. The summed E-state index contributed by atoms with van der Waals surface area (Å²) in [5, 5.41) is 3.48. The molecule has 2 aromatic rings. The maximum Gasteiger partial charge on any atom is 0.127 e. The molecule has 1 unspecified atom stereocenters. The summed E-state index contributed by atoms with van der Waals surface area (Å²) < 4.78 is 14.8. The first kappa shape index (κ1) is 16.1. The minimum atomic E-state index is -0.179. The van der Waals surface area contributed by atoms with Crippen molar-refractivity contribution in [2.24, 2.45) is 0 Å². The number of aryl methyl sites for hydroxylation is 1. The van der Waals surface area contributed by atoms with Crippen molar-refractivity contribution in [3.8, 4) is 0 Å². The second kappa shape index (κ2) is 7.66. The second-order valence-electron chi connectivity index (χ2n) is 5.15. The van der Waals surface area contributed by atoms with Crippen molar-refractivity contribution in [2.45, 2.75) is 32.7 Å². The molecule has 1 atom stereocenters. The molecule has 1 N–H and O–H groups in total. The number of nitrogens with zero attached hydrogens (tertiary/aromatic N) is 1. The fourth-order valence-electron chi connectivity index (χ4n) is 2.35. The van der Waals surface area contributed by atoms with Crippen LogP contribution in [0.4, 0.5) is 4.39 Å². The lowest BCUT2D eigenvalue weighted by atomic mass is 9.99. The van der Waals surface area contributed by atoms with Crippen LogP contribution in [0.15, 0.2) is 41.0 Å². The maximum atomic E-state index is 14.1. The zero-order valence-corrected chi connectivity index (χ0v) is 14.0. The van der Waals surface area contributed by atoms with E-state index in [4.69, 9.17) is 0 Å². The van der Waals surface area contributed by atoms with Gasteiger partial charge in [-0.3, -0.25) is 4.98 Å². The lowest BCUT2D eigenvalue weighted by molar-refractivity contribution is 0.501. The number of hydrogen-bond donors (Lipinski definition) is 1. The van der Waals surface area contributed by atoms with Crippen molar-refractivity contribution >= 4 is 15.9 Å². The molecule has 0 radical (unpaired) electrons. The normalized spacial score (nSPS) is 12.4. The first-order chi connectivity index (χ1) is 10.1. The molecule has 0 amide bonds. The smallest absolute Gasteiger partial charge is 0.127 e. The monoisotopic (exact) mass is 350 g/mol. The van der Waals surface area contributed by atoms with Gasteiger partial charge in [0, 0.05) is 10.7 Å². The lowest BCUT2D eigenvalue weighted by Gasteiger charge is -2.20. The fraction of sp³-hybridized carbons (Fsp3) is 0.353. The van der Waals surface area contributed by atoms with Crippen LogP contribution in [-0.2, 0) is 6.42 Å². The fourth-order valence-corrected chi connectivity index (χ4v) is 2.69. The van der Waals surface area contributed by atoms with E-state index in [2.05, 4.69) is 33.2 Å². The van der Waals surface area contributed by atoms with Crippen LogP contribution in [0, 0.1) is 12.7 Å². The molecule has 0 saturated carbocycles. The number of rotatable bonds is 6. The van der Waals surface area contributed by atoms with Gasteiger partial charge in [0.15, 0.2) is 0 Å². The van der Waals surface area contributed by atoms with Crippen molar-refractivity contribution in [2.75, 3.05) is 6.54 Å². The Morgan fingerprint density at radius 1 is 1.33 bits per heavy atom. The van der Waals surface area contributed by atoms with E-state index in [1.165, 1.54) is 6.07 Å². The van der Waals surface area contributed by atoms with Crippen LogP contribution in [0.25, 0.3) is 0 Å². The molecule has 2 rings (SSSR count). The predicted octanol–water partition coefficient (Wildman–Crippen LogP) is 4.58. The summed E-state index contributed by atoms with van der Waals surface area (Å²) in [4.78, 5) is 4.48. The van der Waals surface area contributed by atoms with Crippen LogP contribution in [-0.4, -0.2) is 11.5 Å². The maximum absolute atomic E-state index is 14.1. The van der Waals surface area contributed by atoms with E-state index in [0.29, 0.717) is 12.0 Å². The van der Waals surface area contributed by atoms with Gasteiger partial charge in [0.1, 0.15) is 5.82 Å². The highest BCUT2D eigenvalue weighted by Gasteiger charge is 2.17. The van der Waals surface area contributed by atoms with E-state index >= 15 is 0 Å². The molecule has 112 valence electrons. The van der Waals surface area contributed by atoms with E-state index in [9.17, 15) is 4.39 Å². The van der Waals surface area contributed by atoms with Gasteiger partial charge in [-0.25, -0.2) is 4.39 Å². The Morgan fingerprint density at radius 3 is 2.81 bits per heavy atom. The van der Waals surface area contributed by atoms with E-state index in [0.717, 1.165) is 28.7 Å². The zero-order chi connectivity index (χ0) is 15.2. The van der Waals surface area contributed by atoms with Gasteiger partial charge in [-0.1, -0.05) is 35.0 Å². The topological polar surface area (TPSA) is 24.9 Å². The third kappa shape index (κ3) is 4.35. The molecule has 4 heteroatoms. The van der Waals surface area contributed by atoms with Crippen LogP contribution in [0.5, 0.6) is 0 Å². The molecule has 1 aromatic carbocycles. The Labute approximate surface area is 133 Å². The number of aromatic nitrogens is 1. The summed E-state index contributed by atoms with van der Waals surface area (Å²) in [6, 6.07) is 9.22. The highest BCUT2D eigenvalue weighted by atomic mass is 79.9. The number of benzene rings is 1. The predicted molar refractivity (Wildman–Crippen MR) is 87.8 cm³/mol. The van der Waals surface area contributed by atoms with E-state index in [1.807, 2.05) is 31.2 Å². The molecule has 2 nitrogen and oxygen atoms in total. The molecule has 1 aromatic heterocycles. The average molecular weight is 351 g/mol. The molecular weight excluding hydrogens is 331 g/mol. The highest BCUT2D eigenvalue weighted by molar-refractivity contribution is 9.10. The third-order valence-electron chi connectivity index (χ3n) is 3.46. The Hall–Kier alpha value is -1.26. The summed E-state index contributed by atoms with van der Waals surface area (Å²) in [6.45, 7) is 5.05. The Kier molecular flexibility index (Phi) is 5.88. The molecule has 21 heavy (non-hydrogen) atoms. The second-order valence-corrected chi connectivity index (χ2v) is 6.07. The first-order valence-corrected chi connectivity index (χ1v) is 8.00. The quantitative estimate of drug-likeness (QED) is 0.824. The van der Waals surface area contributed by atoms with Crippen molar-refractivity contribution < 1.29 is 4.39 Å². The van der Waals surface area contributed by atoms with Gasteiger partial charge in [-0.05, 0) is 55.6 Å². The lowest BCUT2D eigenvalue weighted by Crippen LogP contribution is -2.26.